The predicted octanol–water partition coefficient (Wildman–Crippen LogP) is 5.47. The number of hydrogen-bond donors (Lipinski definition) is 2. The van der Waals surface area contributed by atoms with Gasteiger partial charge in [-0.2, -0.15) is 0 Å². The van der Waals surface area contributed by atoms with Crippen molar-refractivity contribution < 1.29 is 14.3 Å². The molecule has 2 aliphatic heterocycles. The second-order valence-electron chi connectivity index (χ2n) is 10.2. The number of methoxy groups -OCH3 is 1. The van der Waals surface area contributed by atoms with Gasteiger partial charge in [-0.3, -0.25) is 9.59 Å². The largest absolute Gasteiger partial charge is 0.496 e. The number of fused-ring (bicyclic) bond motifs is 2. The molecule has 0 spiro atoms. The quantitative estimate of drug-likeness (QED) is 0.421. The topological polar surface area (TPSA) is 83.6 Å². The first-order chi connectivity index (χ1) is 18.3. The lowest BCUT2D eigenvalue weighted by molar-refractivity contribution is 0.0922. The van der Waals surface area contributed by atoms with E-state index in [1.165, 1.54) is 0 Å². The number of aromatic nitrogens is 1. The van der Waals surface area contributed by atoms with Crippen LogP contribution in [0.5, 0.6) is 5.75 Å². The van der Waals surface area contributed by atoms with E-state index in [0.29, 0.717) is 28.2 Å². The molecule has 0 aliphatic carbocycles. The molecule has 1 aromatic heterocycles. The third kappa shape index (κ3) is 5.34. The Morgan fingerprint density at radius 3 is 2.37 bits per heavy atom. The van der Waals surface area contributed by atoms with Crippen molar-refractivity contribution in [3.8, 4) is 5.75 Å². The summed E-state index contributed by atoms with van der Waals surface area (Å²) in [5.41, 5.74) is 3.02. The summed E-state index contributed by atoms with van der Waals surface area (Å²) in [5, 5.41) is 6.95. The van der Waals surface area contributed by atoms with Crippen molar-refractivity contribution >= 4 is 29.2 Å². The van der Waals surface area contributed by atoms with Crippen molar-refractivity contribution in [2.75, 3.05) is 12.0 Å². The number of benzene rings is 2. The van der Waals surface area contributed by atoms with Crippen LogP contribution in [0.4, 0.5) is 5.82 Å². The number of ether oxygens (including phenoxy) is 1. The third-order valence-electron chi connectivity index (χ3n) is 7.81. The maximum absolute atomic E-state index is 13.0. The summed E-state index contributed by atoms with van der Waals surface area (Å²) in [6, 6.07) is 17.4. The molecular formula is C30H33ClN4O3. The van der Waals surface area contributed by atoms with Crippen LogP contribution in [-0.4, -0.2) is 42.0 Å². The zero-order valence-electron chi connectivity index (χ0n) is 21.9. The van der Waals surface area contributed by atoms with Crippen molar-refractivity contribution in [3.05, 3.63) is 88.1 Å². The van der Waals surface area contributed by atoms with Gasteiger partial charge in [0.25, 0.3) is 11.8 Å². The first-order valence-corrected chi connectivity index (χ1v) is 13.5. The van der Waals surface area contributed by atoms with Gasteiger partial charge in [-0.25, -0.2) is 4.98 Å². The Morgan fingerprint density at radius 1 is 1.03 bits per heavy atom. The number of pyridine rings is 1. The number of amides is 2. The van der Waals surface area contributed by atoms with Gasteiger partial charge in [-0.05, 0) is 81.5 Å². The first kappa shape index (κ1) is 26.0. The number of carbonyl (C=O) groups excluding carboxylic acids is 2. The van der Waals surface area contributed by atoms with Gasteiger partial charge >= 0.3 is 0 Å². The number of hydrogen-bond acceptors (Lipinski definition) is 5. The van der Waals surface area contributed by atoms with Crippen molar-refractivity contribution in [1.29, 1.82) is 0 Å². The number of nitrogens with zero attached hydrogens (tertiary/aromatic N) is 2. The molecule has 38 heavy (non-hydrogen) atoms. The van der Waals surface area contributed by atoms with Crippen molar-refractivity contribution in [2.24, 2.45) is 0 Å². The fourth-order valence-electron chi connectivity index (χ4n) is 5.80. The third-order valence-corrected chi connectivity index (χ3v) is 8.06. The molecule has 8 heteroatoms. The number of nitrogens with one attached hydrogen (secondary N) is 2. The summed E-state index contributed by atoms with van der Waals surface area (Å²) in [7, 11) is 1.62. The Bertz CT molecular complexity index is 1300. The Balaban J connectivity index is 1.20. The van der Waals surface area contributed by atoms with E-state index in [0.717, 1.165) is 48.4 Å². The van der Waals surface area contributed by atoms with E-state index in [2.05, 4.69) is 20.5 Å². The minimum atomic E-state index is -0.163. The van der Waals surface area contributed by atoms with E-state index in [1.807, 2.05) is 68.4 Å². The van der Waals surface area contributed by atoms with Gasteiger partial charge in [0.15, 0.2) is 0 Å². The van der Waals surface area contributed by atoms with Crippen LogP contribution in [-0.2, 0) is 0 Å². The lowest BCUT2D eigenvalue weighted by Crippen LogP contribution is -2.50. The highest BCUT2D eigenvalue weighted by atomic mass is 35.5. The number of carbonyl (C=O) groups is 2. The second-order valence-corrected chi connectivity index (χ2v) is 10.7. The highest BCUT2D eigenvalue weighted by Gasteiger charge is 2.42. The average molecular weight is 533 g/mol. The Hall–Kier alpha value is -3.58. The molecule has 198 valence electrons. The zero-order valence-corrected chi connectivity index (χ0v) is 22.7. The molecule has 2 unspecified atom stereocenters. The van der Waals surface area contributed by atoms with E-state index in [-0.39, 0.29) is 23.9 Å². The summed E-state index contributed by atoms with van der Waals surface area (Å²) in [4.78, 5) is 32.9. The van der Waals surface area contributed by atoms with E-state index < -0.39 is 0 Å². The van der Waals surface area contributed by atoms with Crippen LogP contribution >= 0.6 is 11.6 Å². The van der Waals surface area contributed by atoms with Crippen LogP contribution < -0.4 is 20.3 Å². The lowest BCUT2D eigenvalue weighted by atomic mass is 9.96. The van der Waals surface area contributed by atoms with E-state index in [1.54, 1.807) is 13.3 Å². The van der Waals surface area contributed by atoms with Gasteiger partial charge in [0.05, 0.1) is 18.7 Å². The number of halogens is 1. The summed E-state index contributed by atoms with van der Waals surface area (Å²) >= 11 is 5.97. The Morgan fingerprint density at radius 2 is 1.74 bits per heavy atom. The summed E-state index contributed by atoms with van der Waals surface area (Å²) in [5.74, 6) is 1.38. The Kier molecular flexibility index (Phi) is 7.56. The van der Waals surface area contributed by atoms with E-state index in [9.17, 15) is 9.59 Å². The smallest absolute Gasteiger partial charge is 0.253 e. The maximum atomic E-state index is 13.0. The second kappa shape index (κ2) is 11.0. The first-order valence-electron chi connectivity index (χ1n) is 13.1. The van der Waals surface area contributed by atoms with Gasteiger partial charge < -0.3 is 20.3 Å². The molecule has 2 fully saturated rings. The molecule has 2 aliphatic rings. The van der Waals surface area contributed by atoms with Gasteiger partial charge in [0, 0.05) is 40.5 Å². The van der Waals surface area contributed by atoms with E-state index >= 15 is 0 Å². The molecule has 2 bridgehead atoms. The number of rotatable bonds is 7. The molecule has 5 rings (SSSR count). The van der Waals surface area contributed by atoms with Crippen LogP contribution in [0.25, 0.3) is 0 Å². The number of piperidine rings is 1. The summed E-state index contributed by atoms with van der Waals surface area (Å²) < 4.78 is 5.38. The molecule has 0 radical (unpaired) electrons. The SMILES string of the molecule is COc1cccc(C(=O)NC2C[C@H]3CC[C@@H](C2)N3c2ccc(C(=O)NC(C)c3ccc(Cl)cc3)cn2)c1C. The monoisotopic (exact) mass is 532 g/mol. The standard InChI is InChI=1S/C30H33ClN4O3/c1-18-26(5-4-6-27(18)38-3)30(37)34-23-15-24-12-13-25(16-23)35(24)28-14-9-21(17-32-28)29(36)33-19(2)20-7-10-22(31)11-8-20/h4-11,14,17,19,23-25H,12-13,15-16H2,1-3H3,(H,33,36)(H,34,37)/t19?,23?,24-,25+. The number of anilines is 1. The van der Waals surface area contributed by atoms with Crippen LogP contribution in [0.3, 0.4) is 0 Å². The van der Waals surface area contributed by atoms with Crippen LogP contribution in [0.1, 0.15) is 70.5 Å². The normalized spacial score (nSPS) is 21.1. The van der Waals surface area contributed by atoms with Gasteiger partial charge in [0.2, 0.25) is 0 Å². The molecule has 0 saturated carbocycles. The highest BCUT2D eigenvalue weighted by Crippen LogP contribution is 2.38. The summed E-state index contributed by atoms with van der Waals surface area (Å²) in [6.45, 7) is 3.85. The molecule has 2 saturated heterocycles. The molecular weight excluding hydrogens is 500 g/mol. The average Bonchev–Trinajstić information content (AvgIpc) is 3.19. The lowest BCUT2D eigenvalue weighted by Gasteiger charge is -2.40. The molecule has 2 N–H and O–H groups in total. The van der Waals surface area contributed by atoms with Crippen LogP contribution in [0, 0.1) is 6.92 Å². The summed E-state index contributed by atoms with van der Waals surface area (Å²) in [6.07, 6.45) is 5.52. The molecule has 7 nitrogen and oxygen atoms in total. The zero-order chi connectivity index (χ0) is 26.8. The highest BCUT2D eigenvalue weighted by molar-refractivity contribution is 6.30. The van der Waals surface area contributed by atoms with E-state index in [4.69, 9.17) is 16.3 Å². The molecule has 3 heterocycles. The van der Waals surface area contributed by atoms with Gasteiger partial charge in [0.1, 0.15) is 11.6 Å². The van der Waals surface area contributed by atoms with Crippen molar-refractivity contribution in [2.45, 2.75) is 63.7 Å². The Labute approximate surface area is 228 Å². The van der Waals surface area contributed by atoms with Crippen molar-refractivity contribution in [1.82, 2.24) is 15.6 Å². The molecule has 2 aromatic carbocycles. The van der Waals surface area contributed by atoms with Crippen LogP contribution in [0.15, 0.2) is 60.8 Å². The molecule has 4 atom stereocenters. The molecule has 3 aromatic rings. The van der Waals surface area contributed by atoms with Gasteiger partial charge in [-0.1, -0.05) is 29.8 Å². The molecule has 2 amide bonds. The minimum absolute atomic E-state index is 0.0550. The maximum Gasteiger partial charge on any atom is 0.253 e. The minimum Gasteiger partial charge on any atom is -0.496 e. The van der Waals surface area contributed by atoms with Gasteiger partial charge in [-0.15, -0.1) is 0 Å². The van der Waals surface area contributed by atoms with Crippen molar-refractivity contribution in [3.63, 3.8) is 0 Å². The fourth-order valence-corrected chi connectivity index (χ4v) is 5.93. The fraction of sp³-hybridized carbons (Fsp3) is 0.367. The predicted molar refractivity (Wildman–Crippen MR) is 149 cm³/mol. The van der Waals surface area contributed by atoms with Crippen LogP contribution in [0.2, 0.25) is 5.02 Å².